The molecule has 8 heteroatoms. The third kappa shape index (κ3) is 7.34. The van der Waals surface area contributed by atoms with E-state index in [-0.39, 0.29) is 18.0 Å². The summed E-state index contributed by atoms with van der Waals surface area (Å²) in [5, 5.41) is 25.3. The van der Waals surface area contributed by atoms with E-state index >= 15 is 0 Å². The lowest BCUT2D eigenvalue weighted by molar-refractivity contribution is 0.120. The summed E-state index contributed by atoms with van der Waals surface area (Å²) in [6.45, 7) is 4.81. The molecule has 2 rings (SSSR count). The van der Waals surface area contributed by atoms with Gasteiger partial charge in [-0.15, -0.1) is 6.58 Å². The standard InChI is InChI=1S/C10H14N2OS3.C4H11NO/c1-2-6-3-4-8(7(13)5-6)15-10-12-11-9(14)16-10;1-5(2)3-4-6/h2,6-8,13H,1,3-5H2,(H,11,14);6H,3-4H2,1-2H3. The van der Waals surface area contributed by atoms with E-state index in [0.717, 1.165) is 30.1 Å². The molecule has 0 amide bonds. The van der Waals surface area contributed by atoms with Crippen molar-refractivity contribution in [2.75, 3.05) is 27.2 Å². The van der Waals surface area contributed by atoms with Crippen LogP contribution in [0.15, 0.2) is 17.0 Å². The molecule has 126 valence electrons. The maximum atomic E-state index is 10.0. The number of likely N-dealkylation sites (N-methyl/N-ethyl adjacent to an activating group) is 1. The molecule has 0 radical (unpaired) electrons. The number of nitrogens with zero attached hydrogens (tertiary/aromatic N) is 2. The Balaban J connectivity index is 0.000000346. The van der Waals surface area contributed by atoms with Crippen LogP contribution in [-0.2, 0) is 0 Å². The van der Waals surface area contributed by atoms with Gasteiger partial charge in [0.2, 0.25) is 0 Å². The molecular formula is C14H25N3O2S3. The van der Waals surface area contributed by atoms with Crippen molar-refractivity contribution in [3.05, 3.63) is 16.6 Å². The minimum absolute atomic E-state index is 0.241. The van der Waals surface area contributed by atoms with Gasteiger partial charge in [-0.3, -0.25) is 5.10 Å². The number of nitrogens with one attached hydrogen (secondary N) is 1. The van der Waals surface area contributed by atoms with Gasteiger partial charge in [-0.05, 0) is 51.5 Å². The molecule has 1 fully saturated rings. The highest BCUT2D eigenvalue weighted by Gasteiger charge is 2.29. The Hall–Kier alpha value is -0.250. The zero-order chi connectivity index (χ0) is 16.5. The van der Waals surface area contributed by atoms with Crippen molar-refractivity contribution < 1.29 is 10.2 Å². The molecule has 0 aromatic carbocycles. The van der Waals surface area contributed by atoms with E-state index in [9.17, 15) is 5.11 Å². The third-order valence-corrected chi connectivity index (χ3v) is 5.91. The van der Waals surface area contributed by atoms with Gasteiger partial charge in [0, 0.05) is 11.8 Å². The number of thioether (sulfide) groups is 1. The molecule has 0 aliphatic heterocycles. The predicted molar refractivity (Wildman–Crippen MR) is 96.1 cm³/mol. The SMILES string of the molecule is C=CC1CCC(Sc2n[nH]c(=S)s2)C(O)C1.CN(C)CCO. The molecular weight excluding hydrogens is 338 g/mol. The number of allylic oxidation sites excluding steroid dienone is 1. The summed E-state index contributed by atoms with van der Waals surface area (Å²) in [7, 11) is 3.85. The molecule has 1 aliphatic carbocycles. The highest BCUT2D eigenvalue weighted by molar-refractivity contribution is 8.01. The minimum atomic E-state index is -0.265. The van der Waals surface area contributed by atoms with E-state index in [1.165, 1.54) is 11.3 Å². The van der Waals surface area contributed by atoms with Crippen LogP contribution in [0.1, 0.15) is 19.3 Å². The van der Waals surface area contributed by atoms with E-state index < -0.39 is 0 Å². The lowest BCUT2D eigenvalue weighted by Gasteiger charge is -2.30. The van der Waals surface area contributed by atoms with Crippen LogP contribution in [-0.4, -0.2) is 63.9 Å². The molecule has 1 saturated carbocycles. The monoisotopic (exact) mass is 363 g/mol. The predicted octanol–water partition coefficient (Wildman–Crippen LogP) is 2.55. The fourth-order valence-corrected chi connectivity index (χ4v) is 4.57. The Labute approximate surface area is 145 Å². The van der Waals surface area contributed by atoms with Crippen LogP contribution in [0.25, 0.3) is 0 Å². The zero-order valence-electron chi connectivity index (χ0n) is 13.1. The second kappa shape index (κ2) is 10.5. The van der Waals surface area contributed by atoms with Gasteiger partial charge in [0.15, 0.2) is 8.29 Å². The number of aliphatic hydroxyl groups is 2. The quantitative estimate of drug-likeness (QED) is 0.552. The van der Waals surface area contributed by atoms with Gasteiger partial charge in [0.05, 0.1) is 12.7 Å². The number of rotatable bonds is 5. The Bertz CT molecular complexity index is 490. The van der Waals surface area contributed by atoms with Crippen LogP contribution in [0, 0.1) is 9.87 Å². The molecule has 0 saturated heterocycles. The highest BCUT2D eigenvalue weighted by atomic mass is 32.2. The third-order valence-electron chi connectivity index (χ3n) is 3.35. The maximum absolute atomic E-state index is 10.0. The van der Waals surface area contributed by atoms with E-state index in [0.29, 0.717) is 9.87 Å². The van der Waals surface area contributed by atoms with Gasteiger partial charge in [-0.25, -0.2) is 0 Å². The summed E-state index contributed by atoms with van der Waals surface area (Å²) in [6.07, 6.45) is 4.61. The molecule has 1 aliphatic rings. The van der Waals surface area contributed by atoms with Crippen LogP contribution < -0.4 is 0 Å². The number of aliphatic hydroxyl groups excluding tert-OH is 2. The molecule has 0 bridgehead atoms. The smallest absolute Gasteiger partial charge is 0.177 e. The normalized spacial score (nSPS) is 24.7. The molecule has 1 heterocycles. The Morgan fingerprint density at radius 3 is 2.68 bits per heavy atom. The van der Waals surface area contributed by atoms with E-state index in [1.54, 1.807) is 11.8 Å². The van der Waals surface area contributed by atoms with Crippen LogP contribution in [0.4, 0.5) is 0 Å². The van der Waals surface area contributed by atoms with Crippen LogP contribution in [0.2, 0.25) is 0 Å². The zero-order valence-corrected chi connectivity index (χ0v) is 15.5. The first-order valence-corrected chi connectivity index (χ1v) is 9.35. The summed E-state index contributed by atoms with van der Waals surface area (Å²) in [4.78, 5) is 1.93. The molecule has 0 spiro atoms. The first kappa shape index (κ1) is 19.8. The van der Waals surface area contributed by atoms with Gasteiger partial charge in [-0.2, -0.15) is 5.10 Å². The number of aromatic nitrogens is 2. The fraction of sp³-hybridized carbons (Fsp3) is 0.714. The van der Waals surface area contributed by atoms with Crippen molar-refractivity contribution in [2.45, 2.75) is 35.0 Å². The van der Waals surface area contributed by atoms with Crippen LogP contribution in [0.3, 0.4) is 0 Å². The van der Waals surface area contributed by atoms with Crippen LogP contribution in [0.5, 0.6) is 0 Å². The minimum Gasteiger partial charge on any atom is -0.395 e. The number of hydrogen-bond acceptors (Lipinski definition) is 7. The Kier molecular flexibility index (Phi) is 9.46. The van der Waals surface area contributed by atoms with Gasteiger partial charge in [0.25, 0.3) is 0 Å². The Morgan fingerprint density at radius 1 is 1.55 bits per heavy atom. The molecule has 3 unspecified atom stereocenters. The lowest BCUT2D eigenvalue weighted by Crippen LogP contribution is -2.30. The second-order valence-corrected chi connectivity index (χ2v) is 8.59. The van der Waals surface area contributed by atoms with Crippen molar-refractivity contribution in [1.29, 1.82) is 0 Å². The van der Waals surface area contributed by atoms with Crippen LogP contribution >= 0.6 is 35.3 Å². The van der Waals surface area contributed by atoms with Crippen molar-refractivity contribution >= 4 is 35.3 Å². The number of hydrogen-bond donors (Lipinski definition) is 3. The van der Waals surface area contributed by atoms with Gasteiger partial charge >= 0.3 is 0 Å². The fourth-order valence-electron chi connectivity index (χ4n) is 2.10. The Morgan fingerprint density at radius 2 is 2.27 bits per heavy atom. The maximum Gasteiger partial charge on any atom is 0.177 e. The van der Waals surface area contributed by atoms with Crippen molar-refractivity contribution in [3.8, 4) is 0 Å². The second-order valence-electron chi connectivity index (χ2n) is 5.44. The van der Waals surface area contributed by atoms with E-state index in [2.05, 4.69) is 16.8 Å². The molecule has 5 nitrogen and oxygen atoms in total. The van der Waals surface area contributed by atoms with E-state index in [1.807, 2.05) is 25.1 Å². The first-order valence-electron chi connectivity index (χ1n) is 7.24. The van der Waals surface area contributed by atoms with Crippen molar-refractivity contribution in [2.24, 2.45) is 5.92 Å². The molecule has 3 atom stereocenters. The molecule has 1 aromatic rings. The van der Waals surface area contributed by atoms with Crippen molar-refractivity contribution in [1.82, 2.24) is 15.1 Å². The largest absolute Gasteiger partial charge is 0.395 e. The van der Waals surface area contributed by atoms with Gasteiger partial charge in [-0.1, -0.05) is 29.2 Å². The lowest BCUT2D eigenvalue weighted by atomic mass is 9.87. The summed E-state index contributed by atoms with van der Waals surface area (Å²) in [5.74, 6) is 0.462. The van der Waals surface area contributed by atoms with E-state index in [4.69, 9.17) is 17.3 Å². The average molecular weight is 364 g/mol. The summed E-state index contributed by atoms with van der Waals surface area (Å²) in [6, 6.07) is 0. The molecule has 3 N–H and O–H groups in total. The highest BCUT2D eigenvalue weighted by Crippen LogP contribution is 2.37. The molecule has 1 aromatic heterocycles. The number of aromatic amines is 1. The first-order chi connectivity index (χ1) is 10.5. The topological polar surface area (TPSA) is 72.4 Å². The summed E-state index contributed by atoms with van der Waals surface area (Å²) >= 11 is 8.08. The summed E-state index contributed by atoms with van der Waals surface area (Å²) < 4.78 is 1.61. The number of H-pyrrole nitrogens is 1. The average Bonchev–Trinajstić information content (AvgIpc) is 2.87. The molecule has 22 heavy (non-hydrogen) atoms. The summed E-state index contributed by atoms with van der Waals surface area (Å²) in [5.41, 5.74) is 0. The van der Waals surface area contributed by atoms with Gasteiger partial charge < -0.3 is 15.1 Å². The van der Waals surface area contributed by atoms with Gasteiger partial charge in [0.1, 0.15) is 0 Å². The van der Waals surface area contributed by atoms with Crippen molar-refractivity contribution in [3.63, 3.8) is 0 Å².